The molecule has 1 aliphatic rings. The van der Waals surface area contributed by atoms with E-state index in [1.54, 1.807) is 12.1 Å². The van der Waals surface area contributed by atoms with Crippen molar-refractivity contribution in [1.29, 1.82) is 0 Å². The highest BCUT2D eigenvalue weighted by molar-refractivity contribution is 5.95. The van der Waals surface area contributed by atoms with Crippen LogP contribution in [0.1, 0.15) is 24.2 Å². The topological polar surface area (TPSA) is 69.4 Å². The first-order valence-electron chi connectivity index (χ1n) is 6.26. The molecule has 0 aromatic carbocycles. The number of aliphatic imine (C=N–C) groups is 1. The van der Waals surface area contributed by atoms with Crippen LogP contribution in [-0.4, -0.2) is 25.0 Å². The van der Waals surface area contributed by atoms with Crippen molar-refractivity contribution in [3.05, 3.63) is 30.1 Å². The molecule has 1 aromatic heterocycles. The van der Waals surface area contributed by atoms with Gasteiger partial charge in [-0.3, -0.25) is 20.6 Å². The van der Waals surface area contributed by atoms with Crippen LogP contribution in [0.15, 0.2) is 29.5 Å². The van der Waals surface area contributed by atoms with E-state index in [4.69, 9.17) is 0 Å². The summed E-state index contributed by atoms with van der Waals surface area (Å²) in [6.07, 6.45) is 3.65. The maximum atomic E-state index is 11.9. The van der Waals surface area contributed by atoms with Gasteiger partial charge >= 0.3 is 0 Å². The van der Waals surface area contributed by atoms with Crippen LogP contribution in [0.2, 0.25) is 0 Å². The predicted molar refractivity (Wildman–Crippen MR) is 72.3 cm³/mol. The highest BCUT2D eigenvalue weighted by Crippen LogP contribution is 2.15. The molecule has 1 aliphatic heterocycles. The summed E-state index contributed by atoms with van der Waals surface area (Å²) in [7, 11) is 1.91. The molecule has 0 unspecified atom stereocenters. The van der Waals surface area contributed by atoms with Crippen molar-refractivity contribution >= 4 is 11.9 Å². The molecule has 1 aromatic rings. The van der Waals surface area contributed by atoms with E-state index in [1.165, 1.54) is 0 Å². The van der Waals surface area contributed by atoms with Crippen molar-refractivity contribution in [3.63, 3.8) is 0 Å². The monoisotopic (exact) mass is 262 g/mol. The molecular weight excluding hydrogens is 242 g/mol. The van der Waals surface area contributed by atoms with Gasteiger partial charge in [-0.15, -0.1) is 0 Å². The Labute approximate surface area is 112 Å². The molecule has 102 valence electrons. The summed E-state index contributed by atoms with van der Waals surface area (Å²) in [5, 5.41) is 3.15. The zero-order valence-corrected chi connectivity index (χ0v) is 11.5. The lowest BCUT2D eigenvalue weighted by atomic mass is 9.93. The number of aryl methyl sites for hydroxylation is 1. The molecular formula is C13H20N5O+. The Morgan fingerprint density at radius 1 is 1.42 bits per heavy atom. The number of nitrogens with one attached hydrogen (secondary N) is 3. The van der Waals surface area contributed by atoms with Gasteiger partial charge in [-0.2, -0.15) is 0 Å². The summed E-state index contributed by atoms with van der Waals surface area (Å²) in [6, 6.07) is 3.52. The lowest BCUT2D eigenvalue weighted by Gasteiger charge is -2.29. The number of rotatable bonds is 1. The predicted octanol–water partition coefficient (Wildman–Crippen LogP) is -0.269. The first-order chi connectivity index (χ1) is 8.96. The summed E-state index contributed by atoms with van der Waals surface area (Å²) in [5.41, 5.74) is 6.18. The SMILES string of the molecule is C[n+]1ccc(C(=O)NNC2=NCC(C)(C)CN2)cc1. The van der Waals surface area contributed by atoms with E-state index in [9.17, 15) is 4.79 Å². The molecule has 1 amide bonds. The molecule has 0 saturated carbocycles. The first kappa shape index (κ1) is 13.3. The number of aromatic nitrogens is 1. The molecule has 0 saturated heterocycles. The number of amides is 1. The Kier molecular flexibility index (Phi) is 3.69. The summed E-state index contributed by atoms with van der Waals surface area (Å²) in [4.78, 5) is 16.2. The van der Waals surface area contributed by atoms with Gasteiger partial charge in [0.25, 0.3) is 5.91 Å². The minimum atomic E-state index is -0.185. The molecule has 6 nitrogen and oxygen atoms in total. The average molecular weight is 262 g/mol. The van der Waals surface area contributed by atoms with Crippen LogP contribution in [0.3, 0.4) is 0 Å². The van der Waals surface area contributed by atoms with E-state index in [2.05, 4.69) is 35.0 Å². The van der Waals surface area contributed by atoms with Gasteiger partial charge in [0.2, 0.25) is 5.96 Å². The van der Waals surface area contributed by atoms with Crippen LogP contribution in [0.4, 0.5) is 0 Å². The number of hydrazine groups is 1. The fraction of sp³-hybridized carbons (Fsp3) is 0.462. The Morgan fingerprint density at radius 3 is 2.68 bits per heavy atom. The second-order valence-electron chi connectivity index (χ2n) is 5.51. The van der Waals surface area contributed by atoms with Gasteiger partial charge in [0.15, 0.2) is 12.4 Å². The van der Waals surface area contributed by atoms with E-state index < -0.39 is 0 Å². The second kappa shape index (κ2) is 5.26. The van der Waals surface area contributed by atoms with E-state index in [0.717, 1.165) is 13.1 Å². The molecule has 2 rings (SSSR count). The van der Waals surface area contributed by atoms with Gasteiger partial charge in [0.05, 0.1) is 5.56 Å². The molecule has 2 heterocycles. The Bertz CT molecular complexity index is 492. The molecule has 0 bridgehead atoms. The lowest BCUT2D eigenvalue weighted by Crippen LogP contribution is -2.53. The fourth-order valence-corrected chi connectivity index (χ4v) is 1.65. The third-order valence-electron chi connectivity index (χ3n) is 2.93. The van der Waals surface area contributed by atoms with Gasteiger partial charge in [-0.25, -0.2) is 4.57 Å². The quantitative estimate of drug-likeness (QED) is 0.482. The van der Waals surface area contributed by atoms with Gasteiger partial charge in [0.1, 0.15) is 7.05 Å². The van der Waals surface area contributed by atoms with E-state index in [0.29, 0.717) is 11.5 Å². The van der Waals surface area contributed by atoms with Gasteiger partial charge in [0, 0.05) is 30.6 Å². The highest BCUT2D eigenvalue weighted by Gasteiger charge is 2.22. The van der Waals surface area contributed by atoms with Crippen LogP contribution < -0.4 is 20.7 Å². The van der Waals surface area contributed by atoms with E-state index >= 15 is 0 Å². The number of hydrogen-bond acceptors (Lipinski definition) is 4. The molecule has 3 N–H and O–H groups in total. The zero-order chi connectivity index (χ0) is 13.9. The third-order valence-corrected chi connectivity index (χ3v) is 2.93. The number of guanidine groups is 1. The minimum absolute atomic E-state index is 0.156. The number of hydrogen-bond donors (Lipinski definition) is 3. The Balaban J connectivity index is 1.88. The summed E-state index contributed by atoms with van der Waals surface area (Å²) < 4.78 is 1.87. The standard InChI is InChI=1S/C13H19N5O/c1-13(2)8-14-12(15-9-13)17-16-11(19)10-4-6-18(3)7-5-10/h4-7H,8-9H2,1-3H3,(H2,14,15,19)/p+1. The number of nitrogens with zero attached hydrogens (tertiary/aromatic N) is 2. The van der Waals surface area contributed by atoms with E-state index in [1.807, 2.05) is 24.0 Å². The largest absolute Gasteiger partial charge is 0.354 e. The van der Waals surface area contributed by atoms with Crippen LogP contribution in [0.5, 0.6) is 0 Å². The summed E-state index contributed by atoms with van der Waals surface area (Å²) in [6.45, 7) is 5.85. The van der Waals surface area contributed by atoms with E-state index in [-0.39, 0.29) is 11.3 Å². The lowest BCUT2D eigenvalue weighted by molar-refractivity contribution is -0.671. The van der Waals surface area contributed by atoms with Gasteiger partial charge in [-0.05, 0) is 0 Å². The molecule has 0 fully saturated rings. The number of carbonyl (C=O) groups is 1. The van der Waals surface area contributed by atoms with Crippen molar-refractivity contribution in [1.82, 2.24) is 16.2 Å². The summed E-state index contributed by atoms with van der Waals surface area (Å²) in [5.74, 6) is 0.420. The smallest absolute Gasteiger partial charge is 0.270 e. The Morgan fingerprint density at radius 2 is 2.11 bits per heavy atom. The van der Waals surface area contributed by atoms with Crippen molar-refractivity contribution < 1.29 is 9.36 Å². The van der Waals surface area contributed by atoms with Crippen molar-refractivity contribution in [3.8, 4) is 0 Å². The number of pyridine rings is 1. The molecule has 0 radical (unpaired) electrons. The van der Waals surface area contributed by atoms with Gasteiger partial charge in [-0.1, -0.05) is 13.8 Å². The fourth-order valence-electron chi connectivity index (χ4n) is 1.65. The third kappa shape index (κ3) is 3.67. The Hall–Kier alpha value is -2.11. The van der Waals surface area contributed by atoms with Crippen molar-refractivity contribution in [2.75, 3.05) is 13.1 Å². The van der Waals surface area contributed by atoms with Crippen LogP contribution in [-0.2, 0) is 7.05 Å². The normalized spacial score (nSPS) is 17.1. The minimum Gasteiger partial charge on any atom is -0.354 e. The highest BCUT2D eigenvalue weighted by atomic mass is 16.2. The zero-order valence-electron chi connectivity index (χ0n) is 11.5. The second-order valence-corrected chi connectivity index (χ2v) is 5.51. The van der Waals surface area contributed by atoms with Crippen molar-refractivity contribution in [2.24, 2.45) is 17.5 Å². The number of carbonyl (C=O) groups excluding carboxylic acids is 1. The summed E-state index contributed by atoms with van der Waals surface area (Å²) >= 11 is 0. The van der Waals surface area contributed by atoms with Crippen LogP contribution in [0, 0.1) is 5.41 Å². The van der Waals surface area contributed by atoms with Crippen LogP contribution in [0.25, 0.3) is 0 Å². The maximum Gasteiger partial charge on any atom is 0.270 e. The average Bonchev–Trinajstić information content (AvgIpc) is 2.38. The molecule has 0 atom stereocenters. The molecule has 0 aliphatic carbocycles. The molecule has 6 heteroatoms. The molecule has 19 heavy (non-hydrogen) atoms. The maximum absolute atomic E-state index is 11.9. The van der Waals surface area contributed by atoms with Crippen molar-refractivity contribution in [2.45, 2.75) is 13.8 Å². The van der Waals surface area contributed by atoms with Crippen LogP contribution >= 0.6 is 0 Å². The molecule has 0 spiro atoms. The first-order valence-corrected chi connectivity index (χ1v) is 6.26. The van der Waals surface area contributed by atoms with Gasteiger partial charge < -0.3 is 5.32 Å².